The van der Waals surface area contributed by atoms with Crippen LogP contribution in [0.4, 0.5) is 0 Å². The number of nitrogens with one attached hydrogen (secondary N) is 1. The van der Waals surface area contributed by atoms with Crippen molar-refractivity contribution in [2.45, 2.75) is 0 Å². The fourth-order valence-corrected chi connectivity index (χ4v) is 2.05. The van der Waals surface area contributed by atoms with Gasteiger partial charge in [-0.2, -0.15) is 0 Å². The van der Waals surface area contributed by atoms with Crippen LogP contribution in [0, 0.1) is 5.92 Å². The topological polar surface area (TPSA) is 49.3 Å². The van der Waals surface area contributed by atoms with Gasteiger partial charge in [0, 0.05) is 35.4 Å². The molecule has 0 amide bonds. The Hall–Kier alpha value is 0.0700. The van der Waals surface area contributed by atoms with Crippen molar-refractivity contribution in [2.24, 2.45) is 5.92 Å². The van der Waals surface area contributed by atoms with Gasteiger partial charge in [-0.25, -0.2) is 0 Å². The lowest BCUT2D eigenvalue weighted by Crippen LogP contribution is -2.45. The van der Waals surface area contributed by atoms with Crippen LogP contribution < -0.4 is 5.32 Å². The van der Waals surface area contributed by atoms with Crippen LogP contribution in [0.15, 0.2) is 0 Å². The molecule has 1 aliphatic rings. The molecule has 1 rings (SSSR count). The van der Waals surface area contributed by atoms with Crippen molar-refractivity contribution in [2.75, 3.05) is 31.2 Å². The summed E-state index contributed by atoms with van der Waals surface area (Å²) in [6.07, 6.45) is 0. The molecule has 0 aliphatic carbocycles. The smallest absolute Gasteiger partial charge is 0.0546 e. The second kappa shape index (κ2) is 4.05. The van der Waals surface area contributed by atoms with Gasteiger partial charge in [-0.1, -0.05) is 0 Å². The van der Waals surface area contributed by atoms with Crippen molar-refractivity contribution in [3.05, 3.63) is 0 Å². The van der Waals surface area contributed by atoms with Crippen LogP contribution in [0.25, 0.3) is 0 Å². The molecule has 0 spiro atoms. The van der Waals surface area contributed by atoms with E-state index in [0.717, 1.165) is 18.8 Å². The van der Waals surface area contributed by atoms with Gasteiger partial charge in [-0.3, -0.25) is 4.21 Å². The monoisotopic (exact) mass is 163 g/mol. The summed E-state index contributed by atoms with van der Waals surface area (Å²) >= 11 is 0. The van der Waals surface area contributed by atoms with Crippen LogP contribution in [-0.4, -0.2) is 40.5 Å². The minimum Gasteiger partial charge on any atom is -0.395 e. The largest absolute Gasteiger partial charge is 0.395 e. The first-order valence-corrected chi connectivity index (χ1v) is 4.98. The summed E-state index contributed by atoms with van der Waals surface area (Å²) in [5.41, 5.74) is 0. The summed E-state index contributed by atoms with van der Waals surface area (Å²) in [6.45, 7) is 2.04. The number of hydrogen-bond acceptors (Lipinski definition) is 3. The summed E-state index contributed by atoms with van der Waals surface area (Å²) < 4.78 is 11.0. The zero-order chi connectivity index (χ0) is 7.40. The van der Waals surface area contributed by atoms with Gasteiger partial charge >= 0.3 is 0 Å². The summed E-state index contributed by atoms with van der Waals surface area (Å²) in [5, 5.41) is 11.5. The van der Waals surface area contributed by atoms with E-state index in [-0.39, 0.29) is 6.61 Å². The third-order valence-electron chi connectivity index (χ3n) is 1.61. The van der Waals surface area contributed by atoms with E-state index in [9.17, 15) is 4.21 Å². The fraction of sp³-hybridized carbons (Fsp3) is 1.00. The van der Waals surface area contributed by atoms with Crippen molar-refractivity contribution < 1.29 is 9.32 Å². The van der Waals surface area contributed by atoms with E-state index < -0.39 is 10.8 Å². The lowest BCUT2D eigenvalue weighted by molar-refractivity contribution is 0.320. The SMILES string of the molecule is O=S(CCO)CC1CNC1. The second-order valence-electron chi connectivity index (χ2n) is 2.56. The van der Waals surface area contributed by atoms with Crippen LogP contribution in [0.5, 0.6) is 0 Å². The summed E-state index contributed by atoms with van der Waals surface area (Å²) in [6, 6.07) is 0. The van der Waals surface area contributed by atoms with E-state index in [1.165, 1.54) is 0 Å². The third-order valence-corrected chi connectivity index (χ3v) is 3.09. The first kappa shape index (κ1) is 8.17. The zero-order valence-electron chi connectivity index (χ0n) is 5.88. The zero-order valence-corrected chi connectivity index (χ0v) is 6.69. The van der Waals surface area contributed by atoms with Crippen LogP contribution in [0.1, 0.15) is 0 Å². The van der Waals surface area contributed by atoms with Gasteiger partial charge in [-0.15, -0.1) is 0 Å². The number of aliphatic hydroxyl groups excluding tert-OH is 1. The van der Waals surface area contributed by atoms with Gasteiger partial charge in [0.1, 0.15) is 0 Å². The Kier molecular flexibility index (Phi) is 3.31. The number of rotatable bonds is 4. The highest BCUT2D eigenvalue weighted by Gasteiger charge is 2.18. The molecule has 1 saturated heterocycles. The molecular weight excluding hydrogens is 150 g/mol. The van der Waals surface area contributed by atoms with E-state index in [0.29, 0.717) is 11.7 Å². The highest BCUT2D eigenvalue weighted by Crippen LogP contribution is 2.04. The minimum absolute atomic E-state index is 0.0484. The highest BCUT2D eigenvalue weighted by atomic mass is 32.2. The van der Waals surface area contributed by atoms with Gasteiger partial charge in [0.25, 0.3) is 0 Å². The van der Waals surface area contributed by atoms with Crippen molar-refractivity contribution >= 4 is 10.8 Å². The van der Waals surface area contributed by atoms with Crippen LogP contribution in [0.3, 0.4) is 0 Å². The van der Waals surface area contributed by atoms with E-state index >= 15 is 0 Å². The average molecular weight is 163 g/mol. The van der Waals surface area contributed by atoms with Crippen molar-refractivity contribution in [3.63, 3.8) is 0 Å². The molecular formula is C6H13NO2S. The maximum absolute atomic E-state index is 11.0. The predicted octanol–water partition coefficient (Wildman–Crippen LogP) is -1.05. The molecule has 1 unspecified atom stereocenters. The van der Waals surface area contributed by atoms with Gasteiger partial charge in [-0.05, 0) is 5.92 Å². The molecule has 0 aromatic heterocycles. The summed E-state index contributed by atoms with van der Waals surface area (Å²) in [5.74, 6) is 1.79. The average Bonchev–Trinajstić information content (AvgIpc) is 1.80. The normalized spacial score (nSPS) is 22.1. The first-order chi connectivity index (χ1) is 4.83. The minimum atomic E-state index is -0.789. The number of aliphatic hydroxyl groups is 1. The van der Waals surface area contributed by atoms with Gasteiger partial charge < -0.3 is 10.4 Å². The molecule has 0 aromatic carbocycles. The number of hydrogen-bond donors (Lipinski definition) is 2. The molecule has 0 aromatic rings. The second-order valence-corrected chi connectivity index (χ2v) is 4.18. The molecule has 2 N–H and O–H groups in total. The Morgan fingerprint density at radius 2 is 2.30 bits per heavy atom. The molecule has 0 saturated carbocycles. The highest BCUT2D eigenvalue weighted by molar-refractivity contribution is 7.85. The lowest BCUT2D eigenvalue weighted by atomic mass is 10.1. The van der Waals surface area contributed by atoms with Crippen LogP contribution in [-0.2, 0) is 10.8 Å². The van der Waals surface area contributed by atoms with Crippen molar-refractivity contribution in [1.82, 2.24) is 5.32 Å². The van der Waals surface area contributed by atoms with Gasteiger partial charge in [0.2, 0.25) is 0 Å². The molecule has 1 atom stereocenters. The molecule has 10 heavy (non-hydrogen) atoms. The molecule has 60 valence electrons. The molecule has 0 bridgehead atoms. The first-order valence-electron chi connectivity index (χ1n) is 3.49. The Morgan fingerprint density at radius 1 is 1.60 bits per heavy atom. The summed E-state index contributed by atoms with van der Waals surface area (Å²) in [7, 11) is -0.789. The molecule has 0 radical (unpaired) electrons. The molecule has 1 aliphatic heterocycles. The van der Waals surface area contributed by atoms with Crippen molar-refractivity contribution in [3.8, 4) is 0 Å². The van der Waals surface area contributed by atoms with Crippen LogP contribution in [0.2, 0.25) is 0 Å². The predicted molar refractivity (Wildman–Crippen MR) is 41.3 cm³/mol. The Labute approximate surface area is 63.3 Å². The summed E-state index contributed by atoms with van der Waals surface area (Å²) in [4.78, 5) is 0. The quantitative estimate of drug-likeness (QED) is 0.556. The molecule has 1 fully saturated rings. The Balaban J connectivity index is 2.05. The third kappa shape index (κ3) is 2.36. The molecule has 3 nitrogen and oxygen atoms in total. The van der Waals surface area contributed by atoms with Gasteiger partial charge in [0.15, 0.2) is 0 Å². The Morgan fingerprint density at radius 3 is 2.70 bits per heavy atom. The Bertz CT molecular complexity index is 125. The standard InChI is InChI=1S/C6H13NO2S/c8-1-2-10(9)5-6-3-7-4-6/h6-8H,1-5H2. The fourth-order valence-electron chi connectivity index (χ4n) is 0.914. The molecule has 4 heteroatoms. The van der Waals surface area contributed by atoms with Gasteiger partial charge in [0.05, 0.1) is 6.61 Å². The van der Waals surface area contributed by atoms with Crippen LogP contribution >= 0.6 is 0 Å². The maximum atomic E-state index is 11.0. The van der Waals surface area contributed by atoms with E-state index in [2.05, 4.69) is 5.32 Å². The van der Waals surface area contributed by atoms with E-state index in [1.807, 2.05) is 0 Å². The molecule has 1 heterocycles. The van der Waals surface area contributed by atoms with E-state index in [1.54, 1.807) is 0 Å². The maximum Gasteiger partial charge on any atom is 0.0546 e. The van der Waals surface area contributed by atoms with E-state index in [4.69, 9.17) is 5.11 Å². The van der Waals surface area contributed by atoms with Crippen molar-refractivity contribution in [1.29, 1.82) is 0 Å². The lowest BCUT2D eigenvalue weighted by Gasteiger charge is -2.26.